The lowest BCUT2D eigenvalue weighted by Gasteiger charge is -2.27. The van der Waals surface area contributed by atoms with Crippen LogP contribution in [0.3, 0.4) is 0 Å². The minimum atomic E-state index is -1.04. The number of carbonyl (C=O) groups excluding carboxylic acids is 9. The smallest absolute Gasteiger partial charge is 0.333 e. The summed E-state index contributed by atoms with van der Waals surface area (Å²) in [4.78, 5) is 106. The molecule has 0 bridgehead atoms. The molecule has 12 atom stereocenters. The van der Waals surface area contributed by atoms with Crippen molar-refractivity contribution in [2.24, 2.45) is 91.7 Å². The summed E-state index contributed by atoms with van der Waals surface area (Å²) >= 11 is 30.4. The van der Waals surface area contributed by atoms with Crippen LogP contribution in [0.25, 0.3) is 0 Å². The summed E-state index contributed by atoms with van der Waals surface area (Å²) in [6, 6.07) is 17.8. The lowest BCUT2D eigenvalue weighted by Crippen LogP contribution is -2.25. The maximum Gasteiger partial charge on any atom is 0.333 e. The first kappa shape index (κ1) is 97.6. The van der Waals surface area contributed by atoms with Gasteiger partial charge in [-0.2, -0.15) is 0 Å². The zero-order valence-electron chi connectivity index (χ0n) is 72.7. The zero-order valence-corrected chi connectivity index (χ0v) is 77.3. The van der Waals surface area contributed by atoms with Gasteiger partial charge < -0.3 is 37.9 Å². The van der Waals surface area contributed by atoms with Crippen LogP contribution in [0.4, 0.5) is 0 Å². The highest BCUT2D eigenvalue weighted by molar-refractivity contribution is 8.14. The molecule has 9 aliphatic carbocycles. The molecule has 644 valence electrons. The van der Waals surface area contributed by atoms with Crippen LogP contribution in [0.15, 0.2) is 88.5 Å². The Hall–Kier alpha value is -5.55. The van der Waals surface area contributed by atoms with Crippen LogP contribution in [-0.4, -0.2) is 112 Å². The molecule has 12 unspecified atom stereocenters. The van der Waals surface area contributed by atoms with Gasteiger partial charge in [-0.05, 0) is 234 Å². The van der Waals surface area contributed by atoms with Gasteiger partial charge in [0, 0.05) is 40.5 Å². The number of carbonyl (C=O) groups is 9. The zero-order chi connectivity index (χ0) is 86.9. The van der Waals surface area contributed by atoms with Crippen molar-refractivity contribution in [2.45, 2.75) is 301 Å². The summed E-state index contributed by atoms with van der Waals surface area (Å²) in [5, 5.41) is 2.51. The number of esters is 8. The second-order valence-corrected chi connectivity index (χ2v) is 40.9. The lowest BCUT2D eigenvalue weighted by molar-refractivity contribution is -0.151. The van der Waals surface area contributed by atoms with Crippen LogP contribution in [-0.2, 0) is 86.5 Å². The van der Waals surface area contributed by atoms with Gasteiger partial charge in [0.15, 0.2) is 0 Å². The Morgan fingerprint density at radius 1 is 0.534 bits per heavy atom. The molecule has 116 heavy (non-hydrogen) atoms. The van der Waals surface area contributed by atoms with Gasteiger partial charge in [0.05, 0.1) is 84.3 Å². The molecule has 23 heteroatoms. The third kappa shape index (κ3) is 23.6. The Labute approximate surface area is 720 Å². The average molecular weight is 1730 g/mol. The van der Waals surface area contributed by atoms with Crippen LogP contribution in [0.1, 0.15) is 258 Å². The summed E-state index contributed by atoms with van der Waals surface area (Å²) in [7, 11) is 0. The Morgan fingerprint density at radius 3 is 1.38 bits per heavy atom. The van der Waals surface area contributed by atoms with E-state index in [4.69, 9.17) is 95.9 Å². The topological polar surface area (TPSA) is 227 Å². The number of alkyl halides is 2. The van der Waals surface area contributed by atoms with E-state index in [1.165, 1.54) is 56.7 Å². The number of allylic oxidation sites excluding steroid dienone is 3. The van der Waals surface area contributed by atoms with Crippen molar-refractivity contribution in [1.29, 1.82) is 0 Å². The van der Waals surface area contributed by atoms with Crippen LogP contribution in [0, 0.1) is 110 Å². The Balaban J connectivity index is 0.000000187. The maximum absolute atomic E-state index is 12.2. The minimum absolute atomic E-state index is 0.0175. The second kappa shape index (κ2) is 40.0. The van der Waals surface area contributed by atoms with Crippen LogP contribution in [0.5, 0.6) is 0 Å². The monoisotopic (exact) mass is 1720 g/mol. The van der Waals surface area contributed by atoms with E-state index in [2.05, 4.69) is 39.0 Å². The molecule has 0 N–H and O–H groups in total. The van der Waals surface area contributed by atoms with Gasteiger partial charge in [-0.15, -0.1) is 0 Å². The quantitative estimate of drug-likeness (QED) is 0.0372. The van der Waals surface area contributed by atoms with E-state index in [9.17, 15) is 43.2 Å². The standard InChI is InChI=1S/C15H26O2.C14H16Cl2O2.C14H20O4.C14H20O3S.C13H16O2.C12H16Cl2O2.C11H15ClO2/c1-5-8-14(4)12(13(16)17-11(2)3)15(14)9-6-7-10-15;1-8(2)18-13(17)12-11(14(12,15)16)10-6-4-9(3)5-7-10;1-8(2)18-13(16)11-10(14(11,3)4)7-9-5-6-17-12(9)15;1-8(2)17-12(15)11-10(14(11,3)4)7-9-5-6-18-13(9)16;1-10(2)15-12(14)13(8-9-13)11-6-4-3-5-7-11;1-7(2)16-11(15)10-8(6-9(13)14)12(10)4-3-5-12;1-7(2)14-10(13)9-8(5-6-12)11(9,3)4/h11-12H,5-10H2,1-4H3;4-8,11-12H,1-3H3;2*7-8,10-11H,5-6H2,1-4H3;3-7,10H,8-9H2,1-2H3;6-8,10H,3-5H2,1-2H3;7-9H,1-4H3. The molecule has 2 aromatic carbocycles. The highest BCUT2D eigenvalue weighted by atomic mass is 35.5. The largest absolute Gasteiger partial charge is 0.463 e. The molecule has 2 saturated heterocycles. The molecule has 2 spiro atoms. The van der Waals surface area contributed by atoms with Crippen molar-refractivity contribution in [1.82, 2.24) is 0 Å². The molecule has 0 radical (unpaired) electrons. The van der Waals surface area contributed by atoms with Crippen LogP contribution in [0.2, 0.25) is 0 Å². The molecule has 2 aromatic rings. The Morgan fingerprint density at radius 2 is 0.983 bits per heavy atom. The second-order valence-electron chi connectivity index (χ2n) is 37.2. The lowest BCUT2D eigenvalue weighted by atomic mass is 9.78. The average Bonchev–Trinajstić information content (AvgIpc) is 1.50. The molecule has 17 nitrogen and oxygen atoms in total. The third-order valence-electron chi connectivity index (χ3n) is 24.9. The van der Waals surface area contributed by atoms with Crippen LogP contribution < -0.4 is 0 Å². The summed E-state index contributed by atoms with van der Waals surface area (Å²) in [6.45, 7) is 45.3. The SMILES string of the molecule is CC(C)OC(=O)C1(c2ccccc2)CC1.CC(C)OC(=O)C1C(C#CCl)C1(C)C.CC(C)OC(=O)C1C(C=C(Cl)Cl)C12CCC2.CC(C)OC(=O)C1C(C=C2CCOC2=O)C1(C)C.CC(C)OC(=O)C1C(C=C2CCSC2=O)C1(C)C.CCCC1(C)C(C(=O)OC(C)C)C12CCCC2.Cc1ccc(C2C(C(=O)OC(C)C)C2(Cl)Cl)cc1. The molecular weight excluding hydrogens is 1600 g/mol. The van der Waals surface area contributed by atoms with Crippen molar-refractivity contribution in [3.63, 3.8) is 0 Å². The first-order valence-corrected chi connectivity index (χ1v) is 44.7. The van der Waals surface area contributed by atoms with E-state index in [1.807, 2.05) is 198 Å². The van der Waals surface area contributed by atoms with Gasteiger partial charge >= 0.3 is 47.8 Å². The summed E-state index contributed by atoms with van der Waals surface area (Å²) in [6.07, 6.45) is 19.4. The van der Waals surface area contributed by atoms with E-state index in [-0.39, 0.29) is 192 Å². The summed E-state index contributed by atoms with van der Waals surface area (Å²) in [5.41, 5.74) is 4.86. The maximum atomic E-state index is 12.2. The number of cyclic esters (lactones) is 1. The van der Waals surface area contributed by atoms with E-state index in [0.717, 1.165) is 60.1 Å². The fraction of sp³-hybridized carbons (Fsp3) is 0.688. The van der Waals surface area contributed by atoms with Gasteiger partial charge in [0.25, 0.3) is 0 Å². The predicted octanol–water partition coefficient (Wildman–Crippen LogP) is 21.4. The van der Waals surface area contributed by atoms with E-state index in [0.29, 0.717) is 24.0 Å². The summed E-state index contributed by atoms with van der Waals surface area (Å²) < 4.78 is 41.0. The molecule has 13 rings (SSSR count). The van der Waals surface area contributed by atoms with Gasteiger partial charge in [0.2, 0.25) is 5.12 Å². The first-order chi connectivity index (χ1) is 54.0. The normalized spacial score (nSPS) is 28.5. The number of benzene rings is 2. The van der Waals surface area contributed by atoms with Crippen molar-refractivity contribution in [3.05, 3.63) is 105 Å². The first-order valence-electron chi connectivity index (χ1n) is 41.9. The molecule has 11 aliphatic rings. The number of thioether (sulfide) groups is 1. The van der Waals surface area contributed by atoms with Gasteiger partial charge in [-0.25, -0.2) is 4.79 Å². The molecule has 2 heterocycles. The number of rotatable bonds is 21. The number of halogens is 5. The molecule has 11 fully saturated rings. The van der Waals surface area contributed by atoms with E-state index < -0.39 is 10.3 Å². The fourth-order valence-corrected chi connectivity index (χ4v) is 20.1. The molecular formula is C93H129Cl5O17S. The number of aryl methyl sites for hydroxylation is 1. The molecule has 2 aliphatic heterocycles. The van der Waals surface area contributed by atoms with Crippen molar-refractivity contribution >= 4 is 123 Å². The van der Waals surface area contributed by atoms with Crippen molar-refractivity contribution < 1.29 is 81.0 Å². The van der Waals surface area contributed by atoms with Crippen molar-refractivity contribution in [3.8, 4) is 11.3 Å². The predicted molar refractivity (Wildman–Crippen MR) is 458 cm³/mol. The number of ether oxygens (including phenoxy) is 8. The van der Waals surface area contributed by atoms with E-state index in [1.54, 1.807) is 6.08 Å². The van der Waals surface area contributed by atoms with Gasteiger partial charge in [-0.3, -0.25) is 38.4 Å². The number of hydrogen-bond acceptors (Lipinski definition) is 18. The summed E-state index contributed by atoms with van der Waals surface area (Å²) in [5.74, 6) is 2.26. The van der Waals surface area contributed by atoms with Gasteiger partial charge in [-0.1, -0.05) is 217 Å². The van der Waals surface area contributed by atoms with E-state index >= 15 is 0 Å². The van der Waals surface area contributed by atoms with Gasteiger partial charge in [0.1, 0.15) is 14.7 Å². The highest BCUT2D eigenvalue weighted by Gasteiger charge is 2.76. The third-order valence-corrected chi connectivity index (χ3v) is 27.1. The molecule has 0 amide bonds. The Bertz CT molecular complexity index is 3890. The minimum Gasteiger partial charge on any atom is -0.463 e. The van der Waals surface area contributed by atoms with Crippen molar-refractivity contribution in [2.75, 3.05) is 12.4 Å². The highest BCUT2D eigenvalue weighted by Crippen LogP contribution is 2.78. The Kier molecular flexibility index (Phi) is 33.6. The molecule has 9 saturated carbocycles. The molecule has 0 aromatic heterocycles. The van der Waals surface area contributed by atoms with Crippen LogP contribution >= 0.6 is 69.8 Å². The number of hydrogen-bond donors (Lipinski definition) is 0. The fourth-order valence-electron chi connectivity index (χ4n) is 18.0.